The lowest BCUT2D eigenvalue weighted by molar-refractivity contribution is -0.143. The summed E-state index contributed by atoms with van der Waals surface area (Å²) < 4.78 is 22.1. The Bertz CT molecular complexity index is 1480. The van der Waals surface area contributed by atoms with Crippen molar-refractivity contribution in [2.24, 2.45) is 10.9 Å². The van der Waals surface area contributed by atoms with Crippen molar-refractivity contribution in [1.82, 2.24) is 0 Å². The van der Waals surface area contributed by atoms with Gasteiger partial charge in [0.25, 0.3) is 0 Å². The van der Waals surface area contributed by atoms with Gasteiger partial charge in [-0.25, -0.2) is 0 Å². The molecular weight excluding hydrogens is 506 g/mol. The van der Waals surface area contributed by atoms with Crippen molar-refractivity contribution in [1.29, 1.82) is 0 Å². The zero-order chi connectivity index (χ0) is 28.2. The Morgan fingerprint density at radius 3 is 2.38 bits per heavy atom. The zero-order valence-corrected chi connectivity index (χ0v) is 23.2. The summed E-state index contributed by atoms with van der Waals surface area (Å²) in [6.07, 6.45) is 0.875. The maximum atomic E-state index is 13.9. The molecule has 1 aliphatic heterocycles. The fraction of sp³-hybridized carbons (Fsp3) is 0.303. The number of aliphatic imine (C=N–C) groups is 1. The van der Waals surface area contributed by atoms with Crippen molar-refractivity contribution in [2.75, 3.05) is 21.3 Å². The van der Waals surface area contributed by atoms with Gasteiger partial charge in [0.05, 0.1) is 21.3 Å². The minimum Gasteiger partial charge on any atom is -0.493 e. The van der Waals surface area contributed by atoms with Crippen LogP contribution in [0.3, 0.4) is 0 Å². The van der Waals surface area contributed by atoms with Crippen LogP contribution >= 0.6 is 0 Å². The Morgan fingerprint density at radius 1 is 0.875 bits per heavy atom. The Balaban J connectivity index is 1.50. The number of benzene rings is 3. The van der Waals surface area contributed by atoms with Gasteiger partial charge in [-0.1, -0.05) is 48.5 Å². The first-order valence-corrected chi connectivity index (χ1v) is 13.3. The van der Waals surface area contributed by atoms with Crippen LogP contribution in [-0.4, -0.2) is 38.8 Å². The lowest BCUT2D eigenvalue weighted by atomic mass is 9.69. The highest BCUT2D eigenvalue weighted by Crippen LogP contribution is 2.48. The summed E-state index contributed by atoms with van der Waals surface area (Å²) in [4.78, 5) is 31.7. The van der Waals surface area contributed by atoms with Crippen LogP contribution in [0.1, 0.15) is 48.3 Å². The third-order valence-corrected chi connectivity index (χ3v) is 7.69. The first-order chi connectivity index (χ1) is 19.4. The molecule has 0 radical (unpaired) electrons. The van der Waals surface area contributed by atoms with Gasteiger partial charge in [-0.2, -0.15) is 0 Å². The van der Waals surface area contributed by atoms with Crippen molar-refractivity contribution in [3.63, 3.8) is 0 Å². The van der Waals surface area contributed by atoms with E-state index in [0.717, 1.165) is 16.7 Å². The summed E-state index contributed by atoms with van der Waals surface area (Å²) in [6.45, 7) is 2.24. The number of allylic oxidation sites excluding steroid dienone is 2. The Kier molecular flexibility index (Phi) is 8.01. The maximum Gasteiger partial charge on any atom is 0.315 e. The minimum absolute atomic E-state index is 0.0215. The molecule has 0 amide bonds. The van der Waals surface area contributed by atoms with Crippen LogP contribution in [0.2, 0.25) is 0 Å². The largest absolute Gasteiger partial charge is 0.493 e. The minimum atomic E-state index is -0.699. The monoisotopic (exact) mass is 539 g/mol. The van der Waals surface area contributed by atoms with Crippen LogP contribution in [0.25, 0.3) is 0 Å². The average molecular weight is 540 g/mol. The van der Waals surface area contributed by atoms with E-state index in [-0.39, 0.29) is 11.7 Å². The Labute approximate surface area is 234 Å². The van der Waals surface area contributed by atoms with Gasteiger partial charge in [0.15, 0.2) is 17.3 Å². The molecular formula is C33H33NO6. The molecule has 40 heavy (non-hydrogen) atoms. The first kappa shape index (κ1) is 27.2. The molecule has 0 bridgehead atoms. The second-order valence-corrected chi connectivity index (χ2v) is 10.1. The summed E-state index contributed by atoms with van der Waals surface area (Å²) in [5.41, 5.74) is 4.78. The molecule has 3 atom stereocenters. The van der Waals surface area contributed by atoms with Gasteiger partial charge < -0.3 is 18.9 Å². The van der Waals surface area contributed by atoms with Crippen molar-refractivity contribution >= 4 is 17.5 Å². The smallest absolute Gasteiger partial charge is 0.315 e. The first-order valence-electron chi connectivity index (χ1n) is 13.3. The molecule has 1 unspecified atom stereocenters. The summed E-state index contributed by atoms with van der Waals surface area (Å²) in [5, 5.41) is 0. The number of ketones is 1. The molecule has 5 rings (SSSR count). The van der Waals surface area contributed by atoms with Crippen LogP contribution in [0.5, 0.6) is 17.2 Å². The number of carbonyl (C=O) groups excluding carboxylic acids is 2. The van der Waals surface area contributed by atoms with Gasteiger partial charge in [-0.15, -0.1) is 0 Å². The van der Waals surface area contributed by atoms with Crippen LogP contribution in [0.15, 0.2) is 89.1 Å². The maximum absolute atomic E-state index is 13.9. The van der Waals surface area contributed by atoms with Crippen LogP contribution in [-0.2, 0) is 20.9 Å². The molecule has 1 heterocycles. The molecule has 206 valence electrons. The quantitative estimate of drug-likeness (QED) is 0.325. The highest BCUT2D eigenvalue weighted by Gasteiger charge is 2.44. The number of carbonyl (C=O) groups is 2. The van der Waals surface area contributed by atoms with Gasteiger partial charge in [0.1, 0.15) is 18.3 Å². The lowest BCUT2D eigenvalue weighted by Gasteiger charge is -2.36. The van der Waals surface area contributed by atoms with Crippen LogP contribution < -0.4 is 14.2 Å². The molecule has 1 aliphatic carbocycles. The molecule has 7 heteroatoms. The number of esters is 1. The molecule has 0 N–H and O–H groups in total. The van der Waals surface area contributed by atoms with Crippen molar-refractivity contribution in [3.8, 4) is 17.2 Å². The van der Waals surface area contributed by atoms with Gasteiger partial charge >= 0.3 is 5.97 Å². The number of methoxy groups -OCH3 is 3. The molecule has 0 aromatic heterocycles. The van der Waals surface area contributed by atoms with Crippen molar-refractivity contribution in [2.45, 2.75) is 38.2 Å². The second kappa shape index (κ2) is 11.8. The Hall–Kier alpha value is -4.39. The van der Waals surface area contributed by atoms with E-state index in [9.17, 15) is 9.59 Å². The van der Waals surface area contributed by atoms with E-state index in [1.54, 1.807) is 14.2 Å². The number of Topliss-reactive ketones (excluding diaryl/α,β-unsaturated/α-hetero) is 1. The lowest BCUT2D eigenvalue weighted by Crippen LogP contribution is -2.37. The topological polar surface area (TPSA) is 83.4 Å². The number of hydrogen-bond acceptors (Lipinski definition) is 7. The molecule has 7 nitrogen and oxygen atoms in total. The normalized spacial score (nSPS) is 20.4. The summed E-state index contributed by atoms with van der Waals surface area (Å²) >= 11 is 0. The summed E-state index contributed by atoms with van der Waals surface area (Å²) in [5.74, 6) is 0.197. The van der Waals surface area contributed by atoms with E-state index in [4.69, 9.17) is 23.9 Å². The highest BCUT2D eigenvalue weighted by atomic mass is 16.5. The molecule has 2 aliphatic rings. The predicted octanol–water partition coefficient (Wildman–Crippen LogP) is 6.03. The third-order valence-electron chi connectivity index (χ3n) is 7.69. The standard InChI is InChI=1S/C33H33NO6/c1-20-30(33(36)39-4)31(23-11-8-12-25(15-23)40-19-21-9-6-5-7-10-21)32-26(34-20)16-24(17-27(32)35)22-13-14-28(37-2)29(18-22)38-3/h5-15,18,24,30-31H,16-17,19H2,1-4H3/t24-,30?,31-/m0/s1. The summed E-state index contributed by atoms with van der Waals surface area (Å²) in [7, 11) is 4.56. The number of rotatable bonds is 8. The number of ether oxygens (including phenoxy) is 4. The average Bonchev–Trinajstić information content (AvgIpc) is 2.99. The molecule has 0 spiro atoms. The van der Waals surface area contributed by atoms with Crippen molar-refractivity contribution in [3.05, 3.63) is 101 Å². The highest BCUT2D eigenvalue weighted by molar-refractivity contribution is 6.09. The fourth-order valence-electron chi connectivity index (χ4n) is 5.73. The van der Waals surface area contributed by atoms with E-state index < -0.39 is 17.8 Å². The van der Waals surface area contributed by atoms with E-state index in [2.05, 4.69) is 0 Å². The molecule has 3 aromatic carbocycles. The molecule has 3 aromatic rings. The van der Waals surface area contributed by atoms with Crippen LogP contribution in [0, 0.1) is 5.92 Å². The Morgan fingerprint density at radius 2 is 1.65 bits per heavy atom. The molecule has 0 saturated carbocycles. The predicted molar refractivity (Wildman–Crippen MR) is 152 cm³/mol. The van der Waals surface area contributed by atoms with E-state index in [1.165, 1.54) is 7.11 Å². The summed E-state index contributed by atoms with van der Waals surface area (Å²) in [6, 6.07) is 23.3. The molecule has 0 saturated heterocycles. The fourth-order valence-corrected chi connectivity index (χ4v) is 5.73. The van der Waals surface area contributed by atoms with Gasteiger partial charge in [0, 0.05) is 29.3 Å². The van der Waals surface area contributed by atoms with Gasteiger partial charge in [-0.3, -0.25) is 14.6 Å². The van der Waals surface area contributed by atoms with Crippen LogP contribution in [0.4, 0.5) is 0 Å². The third kappa shape index (κ3) is 5.37. The van der Waals surface area contributed by atoms with Gasteiger partial charge in [0.2, 0.25) is 0 Å². The second-order valence-electron chi connectivity index (χ2n) is 10.1. The SMILES string of the molecule is COC(=O)C1C(C)=NC2=C(C(=O)C[C@@H](c3ccc(OC)c(OC)c3)C2)[C@H]1c1cccc(OCc2ccccc2)c1. The van der Waals surface area contributed by atoms with Crippen molar-refractivity contribution < 1.29 is 28.5 Å². The number of nitrogens with zero attached hydrogens (tertiary/aromatic N) is 1. The number of hydrogen-bond donors (Lipinski definition) is 0. The van der Waals surface area contributed by atoms with Gasteiger partial charge in [-0.05, 0) is 60.2 Å². The van der Waals surface area contributed by atoms with E-state index >= 15 is 0 Å². The zero-order valence-electron chi connectivity index (χ0n) is 23.2. The van der Waals surface area contributed by atoms with E-state index in [0.29, 0.717) is 53.7 Å². The molecule has 0 fully saturated rings. The van der Waals surface area contributed by atoms with E-state index in [1.807, 2.05) is 79.7 Å².